The van der Waals surface area contributed by atoms with Gasteiger partial charge in [-0.1, -0.05) is 23.7 Å². The van der Waals surface area contributed by atoms with Crippen molar-refractivity contribution in [2.75, 3.05) is 55.3 Å². The second-order valence-corrected chi connectivity index (χ2v) is 12.0. The van der Waals surface area contributed by atoms with E-state index in [4.69, 9.17) is 11.6 Å². The SMILES string of the molecule is CN1CCN(c2ccc(Nc3ncc(Cl)c(Nc4ccc(CCNS(=O)(=O)C5CC5)cc4)n3)cc2)CC1. The Balaban J connectivity index is 1.16. The van der Waals surface area contributed by atoms with Crippen LogP contribution in [0.15, 0.2) is 54.7 Å². The Bertz CT molecular complexity index is 1310. The molecule has 1 aliphatic carbocycles. The lowest BCUT2D eigenvalue weighted by Gasteiger charge is -2.34. The van der Waals surface area contributed by atoms with Crippen molar-refractivity contribution in [2.45, 2.75) is 24.5 Å². The molecule has 0 atom stereocenters. The smallest absolute Gasteiger partial charge is 0.229 e. The number of piperazine rings is 1. The molecule has 1 saturated carbocycles. The summed E-state index contributed by atoms with van der Waals surface area (Å²) in [6.07, 6.45) is 3.73. The number of aromatic nitrogens is 2. The summed E-state index contributed by atoms with van der Waals surface area (Å²) in [5.74, 6) is 0.942. The van der Waals surface area contributed by atoms with Gasteiger partial charge in [-0.2, -0.15) is 4.98 Å². The maximum absolute atomic E-state index is 12.0. The third-order valence-corrected chi connectivity index (χ3v) is 8.86. The van der Waals surface area contributed by atoms with E-state index in [2.05, 4.69) is 54.3 Å². The molecule has 2 aliphatic rings. The zero-order chi connectivity index (χ0) is 25.8. The highest BCUT2D eigenvalue weighted by atomic mass is 35.5. The zero-order valence-electron chi connectivity index (χ0n) is 20.8. The summed E-state index contributed by atoms with van der Waals surface area (Å²) < 4.78 is 26.6. The summed E-state index contributed by atoms with van der Waals surface area (Å²) in [6, 6.07) is 16.1. The molecule has 3 aromatic rings. The molecule has 196 valence electrons. The van der Waals surface area contributed by atoms with E-state index in [1.54, 1.807) is 6.20 Å². The second kappa shape index (κ2) is 11.2. The van der Waals surface area contributed by atoms with Crippen molar-refractivity contribution >= 4 is 50.5 Å². The Morgan fingerprint density at radius 3 is 2.27 bits per heavy atom. The Hall–Kier alpha value is -2.92. The summed E-state index contributed by atoms with van der Waals surface area (Å²) in [6.45, 7) is 4.59. The van der Waals surface area contributed by atoms with E-state index in [0.29, 0.717) is 29.8 Å². The number of hydrogen-bond acceptors (Lipinski definition) is 8. The van der Waals surface area contributed by atoms with Crippen LogP contribution in [-0.4, -0.2) is 68.3 Å². The number of benzene rings is 2. The van der Waals surface area contributed by atoms with Crippen molar-refractivity contribution in [1.29, 1.82) is 0 Å². The highest BCUT2D eigenvalue weighted by Crippen LogP contribution is 2.28. The number of hydrogen-bond donors (Lipinski definition) is 3. The summed E-state index contributed by atoms with van der Waals surface area (Å²) in [5, 5.41) is 6.70. The predicted molar refractivity (Wildman–Crippen MR) is 150 cm³/mol. The van der Waals surface area contributed by atoms with Gasteiger partial charge in [-0.3, -0.25) is 0 Å². The molecule has 2 aromatic carbocycles. The van der Waals surface area contributed by atoms with Crippen LogP contribution >= 0.6 is 11.6 Å². The largest absolute Gasteiger partial charge is 0.369 e. The Morgan fingerprint density at radius 2 is 1.59 bits per heavy atom. The van der Waals surface area contributed by atoms with Crippen molar-refractivity contribution in [3.05, 3.63) is 65.3 Å². The Kier molecular flexibility index (Phi) is 7.80. The zero-order valence-corrected chi connectivity index (χ0v) is 22.4. The van der Waals surface area contributed by atoms with E-state index >= 15 is 0 Å². The van der Waals surface area contributed by atoms with Gasteiger partial charge in [-0.15, -0.1) is 0 Å². The van der Waals surface area contributed by atoms with Crippen molar-refractivity contribution in [2.24, 2.45) is 0 Å². The molecule has 0 amide bonds. The summed E-state index contributed by atoms with van der Waals surface area (Å²) in [4.78, 5) is 13.6. The van der Waals surface area contributed by atoms with E-state index in [1.165, 1.54) is 5.69 Å². The predicted octanol–water partition coefficient (Wildman–Crippen LogP) is 3.99. The molecule has 1 aromatic heterocycles. The molecule has 0 bridgehead atoms. The molecular weight excluding hydrogens is 510 g/mol. The lowest BCUT2D eigenvalue weighted by Crippen LogP contribution is -2.44. The average molecular weight is 542 g/mol. The summed E-state index contributed by atoms with van der Waals surface area (Å²) in [5.41, 5.74) is 3.97. The molecular formula is C26H32ClN7O2S. The fraction of sp³-hybridized carbons (Fsp3) is 0.385. The van der Waals surface area contributed by atoms with Gasteiger partial charge in [0.05, 0.1) is 11.4 Å². The molecule has 1 saturated heterocycles. The number of nitrogens with zero attached hydrogens (tertiary/aromatic N) is 4. The average Bonchev–Trinajstić information content (AvgIpc) is 3.75. The fourth-order valence-electron chi connectivity index (χ4n) is 4.19. The van der Waals surface area contributed by atoms with Crippen LogP contribution in [0.1, 0.15) is 18.4 Å². The van der Waals surface area contributed by atoms with Crippen molar-refractivity contribution in [3.63, 3.8) is 0 Å². The van der Waals surface area contributed by atoms with Crippen molar-refractivity contribution in [3.8, 4) is 0 Å². The molecule has 37 heavy (non-hydrogen) atoms. The van der Waals surface area contributed by atoms with Gasteiger partial charge in [0.2, 0.25) is 16.0 Å². The molecule has 1 aliphatic heterocycles. The fourth-order valence-corrected chi connectivity index (χ4v) is 5.71. The highest BCUT2D eigenvalue weighted by molar-refractivity contribution is 7.90. The number of nitrogens with one attached hydrogen (secondary N) is 3. The first-order valence-corrected chi connectivity index (χ1v) is 14.5. The molecule has 2 heterocycles. The quantitative estimate of drug-likeness (QED) is 0.354. The third kappa shape index (κ3) is 6.89. The van der Waals surface area contributed by atoms with Crippen LogP contribution in [0.3, 0.4) is 0 Å². The van der Waals surface area contributed by atoms with Gasteiger partial charge in [0, 0.05) is 49.8 Å². The summed E-state index contributed by atoms with van der Waals surface area (Å²) >= 11 is 6.35. The standard InChI is InChI=1S/C26H32ClN7O2S/c1-33-14-16-34(17-15-33)22-8-6-21(7-9-22)31-26-28-18-24(27)25(32-26)30-20-4-2-19(3-5-20)12-13-29-37(35,36)23-10-11-23/h2-9,18,23,29H,10-17H2,1H3,(H2,28,30,31,32). The van der Waals surface area contributed by atoms with Crippen LogP contribution in [-0.2, 0) is 16.4 Å². The van der Waals surface area contributed by atoms with Gasteiger partial charge >= 0.3 is 0 Å². The monoisotopic (exact) mass is 541 g/mol. The van der Waals surface area contributed by atoms with E-state index in [0.717, 1.165) is 56.0 Å². The van der Waals surface area contributed by atoms with Gasteiger partial charge in [0.1, 0.15) is 5.02 Å². The molecule has 11 heteroatoms. The minimum absolute atomic E-state index is 0.197. The first kappa shape index (κ1) is 25.7. The third-order valence-electron chi connectivity index (χ3n) is 6.63. The molecule has 0 unspecified atom stereocenters. The van der Waals surface area contributed by atoms with Crippen LogP contribution in [0.5, 0.6) is 0 Å². The van der Waals surface area contributed by atoms with Crippen LogP contribution in [0, 0.1) is 0 Å². The van der Waals surface area contributed by atoms with E-state index in [9.17, 15) is 8.42 Å². The molecule has 3 N–H and O–H groups in total. The van der Waals surface area contributed by atoms with Gasteiger partial charge in [0.15, 0.2) is 5.82 Å². The lowest BCUT2D eigenvalue weighted by atomic mass is 10.1. The minimum Gasteiger partial charge on any atom is -0.369 e. The van der Waals surface area contributed by atoms with E-state index in [-0.39, 0.29) is 5.25 Å². The van der Waals surface area contributed by atoms with Crippen LogP contribution < -0.4 is 20.3 Å². The number of likely N-dealkylation sites (N-methyl/N-ethyl adjacent to an activating group) is 1. The van der Waals surface area contributed by atoms with Crippen LogP contribution in [0.25, 0.3) is 0 Å². The maximum Gasteiger partial charge on any atom is 0.229 e. The second-order valence-electron chi connectivity index (χ2n) is 9.56. The van der Waals surface area contributed by atoms with E-state index < -0.39 is 10.0 Å². The maximum atomic E-state index is 12.0. The first-order valence-electron chi connectivity index (χ1n) is 12.5. The molecule has 0 spiro atoms. The summed E-state index contributed by atoms with van der Waals surface area (Å²) in [7, 11) is -0.995. The van der Waals surface area contributed by atoms with Crippen LogP contribution in [0.4, 0.5) is 28.8 Å². The Morgan fingerprint density at radius 1 is 0.946 bits per heavy atom. The van der Waals surface area contributed by atoms with Crippen LogP contribution in [0.2, 0.25) is 5.02 Å². The molecule has 2 fully saturated rings. The normalized spacial score (nSPS) is 16.5. The Labute approximate surface area is 223 Å². The lowest BCUT2D eigenvalue weighted by molar-refractivity contribution is 0.313. The van der Waals surface area contributed by atoms with Gasteiger partial charge < -0.3 is 20.4 Å². The molecule has 5 rings (SSSR count). The highest BCUT2D eigenvalue weighted by Gasteiger charge is 2.35. The number of halogens is 1. The number of anilines is 5. The molecule has 0 radical (unpaired) electrons. The number of rotatable bonds is 10. The topological polar surface area (TPSA) is 102 Å². The van der Waals surface area contributed by atoms with Gasteiger partial charge in [0.25, 0.3) is 0 Å². The molecule has 9 nitrogen and oxygen atoms in total. The van der Waals surface area contributed by atoms with Crippen molar-refractivity contribution < 1.29 is 8.42 Å². The van der Waals surface area contributed by atoms with Gasteiger partial charge in [-0.25, -0.2) is 18.1 Å². The minimum atomic E-state index is -3.15. The first-order chi connectivity index (χ1) is 17.9. The van der Waals surface area contributed by atoms with Gasteiger partial charge in [-0.05, 0) is 68.3 Å². The number of sulfonamides is 1. The van der Waals surface area contributed by atoms with Crippen molar-refractivity contribution in [1.82, 2.24) is 19.6 Å². The van der Waals surface area contributed by atoms with E-state index in [1.807, 2.05) is 36.4 Å².